The van der Waals surface area contributed by atoms with Crippen LogP contribution in [0.25, 0.3) is 0 Å². The summed E-state index contributed by atoms with van der Waals surface area (Å²) in [5.41, 5.74) is 2.60. The average molecular weight is 369 g/mol. The molecule has 140 valence electrons. The fraction of sp³-hybridized carbons (Fsp3) is 0.250. The molecule has 7 heteroatoms. The van der Waals surface area contributed by atoms with Crippen molar-refractivity contribution < 1.29 is 18.8 Å². The molecule has 1 fully saturated rings. The highest BCUT2D eigenvalue weighted by Gasteiger charge is 2.48. The highest BCUT2D eigenvalue weighted by atomic mass is 19.1. The second-order valence-corrected chi connectivity index (χ2v) is 6.79. The molecule has 0 saturated carbocycles. The van der Waals surface area contributed by atoms with E-state index in [4.69, 9.17) is 0 Å². The third-order valence-corrected chi connectivity index (χ3v) is 4.66. The molecule has 0 aliphatic carbocycles. The molecule has 6 nitrogen and oxygen atoms in total. The number of amides is 4. The number of carbonyl (C=O) groups is 3. The predicted octanol–water partition coefficient (Wildman–Crippen LogP) is 2.72. The largest absolute Gasteiger partial charge is 0.344 e. The lowest BCUT2D eigenvalue weighted by Gasteiger charge is -2.21. The zero-order valence-corrected chi connectivity index (χ0v) is 15.1. The van der Waals surface area contributed by atoms with Crippen molar-refractivity contribution in [1.82, 2.24) is 15.8 Å². The second kappa shape index (κ2) is 7.19. The summed E-state index contributed by atoms with van der Waals surface area (Å²) >= 11 is 0. The first-order valence-corrected chi connectivity index (χ1v) is 8.58. The minimum absolute atomic E-state index is 0.0246. The van der Waals surface area contributed by atoms with Gasteiger partial charge in [-0.15, -0.1) is 0 Å². The molecule has 0 unspecified atom stereocenters. The first kappa shape index (κ1) is 18.6. The van der Waals surface area contributed by atoms with Crippen LogP contribution in [-0.2, 0) is 11.2 Å². The molecule has 2 N–H and O–H groups in total. The van der Waals surface area contributed by atoms with E-state index < -0.39 is 29.2 Å². The van der Waals surface area contributed by atoms with Crippen LogP contribution >= 0.6 is 0 Å². The van der Waals surface area contributed by atoms with Gasteiger partial charge in [0.25, 0.3) is 11.8 Å². The number of nitrogens with zero attached hydrogens (tertiary/aromatic N) is 1. The summed E-state index contributed by atoms with van der Waals surface area (Å²) in [5, 5.41) is 3.28. The fourth-order valence-electron chi connectivity index (χ4n) is 2.89. The van der Waals surface area contributed by atoms with Gasteiger partial charge in [0.15, 0.2) is 0 Å². The van der Waals surface area contributed by atoms with Crippen LogP contribution in [-0.4, -0.2) is 28.4 Å². The van der Waals surface area contributed by atoms with Gasteiger partial charge in [-0.3, -0.25) is 15.0 Å². The molecular weight excluding hydrogens is 349 g/mol. The van der Waals surface area contributed by atoms with E-state index >= 15 is 0 Å². The molecule has 1 aliphatic rings. The predicted molar refractivity (Wildman–Crippen MR) is 97.1 cm³/mol. The quantitative estimate of drug-likeness (QED) is 0.796. The first-order chi connectivity index (χ1) is 12.8. The maximum Gasteiger partial charge on any atom is 0.344 e. The fourth-order valence-corrected chi connectivity index (χ4v) is 2.89. The number of imide groups is 1. The maximum atomic E-state index is 13.7. The van der Waals surface area contributed by atoms with Gasteiger partial charge in [0.1, 0.15) is 11.4 Å². The number of aryl methyl sites for hydroxylation is 2. The summed E-state index contributed by atoms with van der Waals surface area (Å²) in [5.74, 6) is -1.82. The molecule has 0 bridgehead atoms. The number of hydrazine groups is 1. The summed E-state index contributed by atoms with van der Waals surface area (Å²) < 4.78 is 13.7. The van der Waals surface area contributed by atoms with E-state index in [-0.39, 0.29) is 5.56 Å². The Balaban J connectivity index is 1.69. The molecule has 2 aromatic rings. The Morgan fingerprint density at radius 1 is 1.19 bits per heavy atom. The third kappa shape index (κ3) is 3.81. The molecule has 4 amide bonds. The summed E-state index contributed by atoms with van der Waals surface area (Å²) in [6, 6.07) is 12.8. The lowest BCUT2D eigenvalue weighted by atomic mass is 9.93. The van der Waals surface area contributed by atoms with Crippen LogP contribution in [0, 0.1) is 12.7 Å². The Morgan fingerprint density at radius 2 is 1.89 bits per heavy atom. The van der Waals surface area contributed by atoms with E-state index in [2.05, 4.69) is 10.7 Å². The molecule has 1 heterocycles. The van der Waals surface area contributed by atoms with Crippen molar-refractivity contribution >= 4 is 17.8 Å². The summed E-state index contributed by atoms with van der Waals surface area (Å²) in [4.78, 5) is 37.2. The van der Waals surface area contributed by atoms with E-state index in [1.165, 1.54) is 12.1 Å². The standard InChI is InChI=1S/C20H20FN3O3/c1-13-8-9-15(12-16(13)21)17(25)23-24-18(26)20(2,22-19(24)27)11-10-14-6-4-3-5-7-14/h3-9,12H,10-11H2,1-2H3,(H,22,27)(H,23,25)/t20-/m0/s1. The molecule has 1 atom stereocenters. The summed E-state index contributed by atoms with van der Waals surface area (Å²) in [6.45, 7) is 3.19. The Labute approximate surface area is 156 Å². The van der Waals surface area contributed by atoms with Crippen LogP contribution in [0.1, 0.15) is 34.8 Å². The first-order valence-electron chi connectivity index (χ1n) is 8.58. The van der Waals surface area contributed by atoms with Crippen molar-refractivity contribution in [2.45, 2.75) is 32.2 Å². The molecule has 0 aromatic heterocycles. The lowest BCUT2D eigenvalue weighted by Crippen LogP contribution is -2.49. The number of halogens is 1. The molecule has 0 spiro atoms. The number of hydrogen-bond acceptors (Lipinski definition) is 3. The van der Waals surface area contributed by atoms with Gasteiger partial charge < -0.3 is 5.32 Å². The number of urea groups is 1. The minimum atomic E-state index is -1.13. The number of hydrogen-bond donors (Lipinski definition) is 2. The van der Waals surface area contributed by atoms with Crippen molar-refractivity contribution in [2.75, 3.05) is 0 Å². The monoisotopic (exact) mass is 369 g/mol. The third-order valence-electron chi connectivity index (χ3n) is 4.66. The topological polar surface area (TPSA) is 78.5 Å². The van der Waals surface area contributed by atoms with Crippen LogP contribution in [0.3, 0.4) is 0 Å². The lowest BCUT2D eigenvalue weighted by molar-refractivity contribution is -0.132. The Bertz CT molecular complexity index is 901. The van der Waals surface area contributed by atoms with E-state index in [9.17, 15) is 18.8 Å². The molecular formula is C20H20FN3O3. The molecule has 2 aromatic carbocycles. The highest BCUT2D eigenvalue weighted by molar-refractivity contribution is 6.09. The normalized spacial score (nSPS) is 19.1. The number of benzene rings is 2. The molecule has 3 rings (SSSR count). The van der Waals surface area contributed by atoms with Gasteiger partial charge in [0.05, 0.1) is 0 Å². The average Bonchev–Trinajstić information content (AvgIpc) is 2.86. The zero-order valence-electron chi connectivity index (χ0n) is 15.1. The summed E-state index contributed by atoms with van der Waals surface area (Å²) in [6.07, 6.45) is 0.974. The number of rotatable bonds is 5. The van der Waals surface area contributed by atoms with Gasteiger partial charge in [-0.25, -0.2) is 9.18 Å². The van der Waals surface area contributed by atoms with E-state index in [0.29, 0.717) is 23.4 Å². The van der Waals surface area contributed by atoms with E-state index in [0.717, 1.165) is 11.6 Å². The molecule has 1 aliphatic heterocycles. The molecule has 0 radical (unpaired) electrons. The van der Waals surface area contributed by atoms with Gasteiger partial charge >= 0.3 is 6.03 Å². The van der Waals surface area contributed by atoms with Crippen molar-refractivity contribution in [3.05, 3.63) is 71.0 Å². The Hall–Kier alpha value is -3.22. The number of nitrogens with one attached hydrogen (secondary N) is 2. The van der Waals surface area contributed by atoms with Gasteiger partial charge in [-0.2, -0.15) is 5.01 Å². The van der Waals surface area contributed by atoms with Gasteiger partial charge in [-0.05, 0) is 49.9 Å². The van der Waals surface area contributed by atoms with Gasteiger partial charge in [0, 0.05) is 5.56 Å². The van der Waals surface area contributed by atoms with Crippen LogP contribution in [0.15, 0.2) is 48.5 Å². The smallest absolute Gasteiger partial charge is 0.322 e. The van der Waals surface area contributed by atoms with Crippen LogP contribution in [0.2, 0.25) is 0 Å². The van der Waals surface area contributed by atoms with Crippen molar-refractivity contribution in [1.29, 1.82) is 0 Å². The number of carbonyl (C=O) groups excluding carboxylic acids is 3. The van der Waals surface area contributed by atoms with Crippen molar-refractivity contribution in [3.8, 4) is 0 Å². The molecule has 27 heavy (non-hydrogen) atoms. The van der Waals surface area contributed by atoms with Crippen LogP contribution in [0.5, 0.6) is 0 Å². The van der Waals surface area contributed by atoms with Crippen molar-refractivity contribution in [3.63, 3.8) is 0 Å². The zero-order chi connectivity index (χ0) is 19.6. The second-order valence-electron chi connectivity index (χ2n) is 6.79. The maximum absolute atomic E-state index is 13.7. The SMILES string of the molecule is Cc1ccc(C(=O)NN2C(=O)N[C@@](C)(CCc3ccccc3)C2=O)cc1F. The molecule has 1 saturated heterocycles. The van der Waals surface area contributed by atoms with Gasteiger partial charge in [0.2, 0.25) is 0 Å². The minimum Gasteiger partial charge on any atom is -0.322 e. The van der Waals surface area contributed by atoms with Crippen LogP contribution in [0.4, 0.5) is 9.18 Å². The highest BCUT2D eigenvalue weighted by Crippen LogP contribution is 2.22. The Morgan fingerprint density at radius 3 is 2.56 bits per heavy atom. The van der Waals surface area contributed by atoms with E-state index in [1.54, 1.807) is 13.8 Å². The van der Waals surface area contributed by atoms with Gasteiger partial charge in [-0.1, -0.05) is 36.4 Å². The van der Waals surface area contributed by atoms with Crippen LogP contribution < -0.4 is 10.7 Å². The van der Waals surface area contributed by atoms with E-state index in [1.807, 2.05) is 30.3 Å². The Kier molecular flexibility index (Phi) is 4.94. The summed E-state index contributed by atoms with van der Waals surface area (Å²) in [7, 11) is 0. The van der Waals surface area contributed by atoms with Crippen molar-refractivity contribution in [2.24, 2.45) is 0 Å².